The van der Waals surface area contributed by atoms with Crippen LogP contribution in [0.1, 0.15) is 55.9 Å². The molecular formula is C21H31N5OS. The van der Waals surface area contributed by atoms with Gasteiger partial charge in [-0.25, -0.2) is 0 Å². The SMILES string of the molecule is CN1CCN(C2=CC=CC(CC(=O)Nc3nnc(C4CCCCC4)s3)C2)CC1. The molecule has 1 saturated heterocycles. The maximum atomic E-state index is 12.5. The molecule has 1 aliphatic heterocycles. The molecule has 0 bridgehead atoms. The van der Waals surface area contributed by atoms with Gasteiger partial charge >= 0.3 is 0 Å². The van der Waals surface area contributed by atoms with Gasteiger partial charge in [-0.3, -0.25) is 4.79 Å². The number of amides is 1. The van der Waals surface area contributed by atoms with Gasteiger partial charge in [-0.2, -0.15) is 0 Å². The fraction of sp³-hybridized carbons (Fsp3) is 0.667. The average Bonchev–Trinajstić information content (AvgIpc) is 3.18. The largest absolute Gasteiger partial charge is 0.372 e. The van der Waals surface area contributed by atoms with E-state index in [-0.39, 0.29) is 11.8 Å². The number of carbonyl (C=O) groups excluding carboxylic acids is 1. The van der Waals surface area contributed by atoms with Crippen molar-refractivity contribution in [3.63, 3.8) is 0 Å². The molecule has 1 N–H and O–H groups in total. The van der Waals surface area contributed by atoms with Gasteiger partial charge in [0.1, 0.15) is 5.01 Å². The molecule has 1 unspecified atom stereocenters. The van der Waals surface area contributed by atoms with Crippen LogP contribution in [0.4, 0.5) is 5.13 Å². The lowest BCUT2D eigenvalue weighted by Gasteiger charge is -2.37. The van der Waals surface area contributed by atoms with Gasteiger partial charge in [0.25, 0.3) is 0 Å². The lowest BCUT2D eigenvalue weighted by molar-refractivity contribution is -0.116. The smallest absolute Gasteiger partial charge is 0.226 e. The van der Waals surface area contributed by atoms with Crippen LogP contribution in [0.5, 0.6) is 0 Å². The lowest BCUT2D eigenvalue weighted by Crippen LogP contribution is -2.44. The highest BCUT2D eigenvalue weighted by Crippen LogP contribution is 2.35. The van der Waals surface area contributed by atoms with E-state index in [9.17, 15) is 4.79 Å². The van der Waals surface area contributed by atoms with E-state index < -0.39 is 0 Å². The second-order valence-corrected chi connectivity index (χ2v) is 9.34. The summed E-state index contributed by atoms with van der Waals surface area (Å²) >= 11 is 1.56. The van der Waals surface area contributed by atoms with Gasteiger partial charge in [-0.05, 0) is 38.3 Å². The van der Waals surface area contributed by atoms with Crippen molar-refractivity contribution in [3.05, 3.63) is 28.9 Å². The third-order valence-electron chi connectivity index (χ3n) is 6.14. The zero-order valence-electron chi connectivity index (χ0n) is 16.8. The van der Waals surface area contributed by atoms with Crippen LogP contribution >= 0.6 is 11.3 Å². The molecule has 0 radical (unpaired) electrons. The third kappa shape index (κ3) is 5.00. The molecule has 2 fully saturated rings. The normalized spacial score (nSPS) is 24.2. The fourth-order valence-electron chi connectivity index (χ4n) is 4.40. The molecule has 1 amide bonds. The summed E-state index contributed by atoms with van der Waals surface area (Å²) in [7, 11) is 2.17. The van der Waals surface area contributed by atoms with Crippen LogP contribution in [0.15, 0.2) is 23.9 Å². The predicted octanol–water partition coefficient (Wildman–Crippen LogP) is 3.62. The van der Waals surface area contributed by atoms with E-state index in [2.05, 4.69) is 50.6 Å². The zero-order chi connectivity index (χ0) is 19.3. The van der Waals surface area contributed by atoms with E-state index in [1.54, 1.807) is 11.3 Å². The summed E-state index contributed by atoms with van der Waals surface area (Å²) in [5.41, 5.74) is 1.36. The standard InChI is InChI=1S/C21H31N5OS/c1-25-10-12-26(13-11-25)18-9-5-6-16(14-18)15-19(27)22-21-24-23-20(28-21)17-7-3-2-4-8-17/h5-6,9,16-17H,2-4,7-8,10-15H2,1H3,(H,22,24,27). The molecular weight excluding hydrogens is 370 g/mol. The molecule has 1 aromatic rings. The van der Waals surface area contributed by atoms with Gasteiger partial charge in [0, 0.05) is 44.2 Å². The van der Waals surface area contributed by atoms with Crippen molar-refractivity contribution in [1.82, 2.24) is 20.0 Å². The van der Waals surface area contributed by atoms with Crippen molar-refractivity contribution < 1.29 is 4.79 Å². The maximum Gasteiger partial charge on any atom is 0.226 e. The van der Waals surface area contributed by atoms with Gasteiger partial charge in [0.05, 0.1) is 0 Å². The number of hydrogen-bond donors (Lipinski definition) is 1. The number of carbonyl (C=O) groups is 1. The molecule has 4 rings (SSSR count). The van der Waals surface area contributed by atoms with E-state index in [4.69, 9.17) is 0 Å². The lowest BCUT2D eigenvalue weighted by atomic mass is 9.90. The van der Waals surface area contributed by atoms with Crippen molar-refractivity contribution in [2.75, 3.05) is 38.5 Å². The number of hydrogen-bond acceptors (Lipinski definition) is 6. The minimum Gasteiger partial charge on any atom is -0.372 e. The summed E-state index contributed by atoms with van der Waals surface area (Å²) < 4.78 is 0. The number of nitrogens with zero attached hydrogens (tertiary/aromatic N) is 4. The average molecular weight is 402 g/mol. The van der Waals surface area contributed by atoms with E-state index in [1.807, 2.05) is 0 Å². The minimum atomic E-state index is 0.0422. The summed E-state index contributed by atoms with van der Waals surface area (Å²) in [5, 5.41) is 13.3. The van der Waals surface area contributed by atoms with Crippen molar-refractivity contribution in [1.29, 1.82) is 0 Å². The molecule has 6 nitrogen and oxygen atoms in total. The molecule has 0 aromatic carbocycles. The first-order valence-electron chi connectivity index (χ1n) is 10.6. The first-order chi connectivity index (χ1) is 13.7. The monoisotopic (exact) mass is 401 g/mol. The second kappa shape index (κ2) is 9.18. The Kier molecular flexibility index (Phi) is 6.42. The van der Waals surface area contributed by atoms with Crippen LogP contribution in [0.25, 0.3) is 0 Å². The van der Waals surface area contributed by atoms with Gasteiger partial charge in [-0.1, -0.05) is 42.8 Å². The Morgan fingerprint density at radius 3 is 2.75 bits per heavy atom. The van der Waals surface area contributed by atoms with Crippen molar-refractivity contribution in [3.8, 4) is 0 Å². The highest BCUT2D eigenvalue weighted by Gasteiger charge is 2.23. The molecule has 2 aliphatic carbocycles. The molecule has 3 aliphatic rings. The molecule has 152 valence electrons. The van der Waals surface area contributed by atoms with Crippen LogP contribution in [0.3, 0.4) is 0 Å². The molecule has 1 atom stereocenters. The number of rotatable bonds is 5. The molecule has 1 saturated carbocycles. The molecule has 2 heterocycles. The molecule has 0 spiro atoms. The van der Waals surface area contributed by atoms with E-state index >= 15 is 0 Å². The highest BCUT2D eigenvalue weighted by atomic mass is 32.1. The third-order valence-corrected chi connectivity index (χ3v) is 7.14. The summed E-state index contributed by atoms with van der Waals surface area (Å²) in [6.07, 6.45) is 14.2. The van der Waals surface area contributed by atoms with Crippen LogP contribution < -0.4 is 5.32 Å². The maximum absolute atomic E-state index is 12.5. The topological polar surface area (TPSA) is 61.4 Å². The Balaban J connectivity index is 1.27. The summed E-state index contributed by atoms with van der Waals surface area (Å²) in [6.45, 7) is 4.35. The van der Waals surface area contributed by atoms with E-state index in [0.29, 0.717) is 17.5 Å². The van der Waals surface area contributed by atoms with Gasteiger partial charge in [-0.15, -0.1) is 10.2 Å². The van der Waals surface area contributed by atoms with Crippen molar-refractivity contribution in [2.45, 2.75) is 50.9 Å². The first-order valence-corrected chi connectivity index (χ1v) is 11.4. The second-order valence-electron chi connectivity index (χ2n) is 8.33. The molecule has 28 heavy (non-hydrogen) atoms. The summed E-state index contributed by atoms with van der Waals surface area (Å²) in [5.74, 6) is 0.834. The fourth-order valence-corrected chi connectivity index (χ4v) is 5.33. The number of aromatic nitrogens is 2. The van der Waals surface area contributed by atoms with Crippen LogP contribution in [-0.4, -0.2) is 59.1 Å². The number of anilines is 1. The number of nitrogens with one attached hydrogen (secondary N) is 1. The Bertz CT molecular complexity index is 729. The van der Waals surface area contributed by atoms with Gasteiger partial charge < -0.3 is 15.1 Å². The van der Waals surface area contributed by atoms with Crippen molar-refractivity contribution >= 4 is 22.4 Å². The summed E-state index contributed by atoms with van der Waals surface area (Å²) in [6, 6.07) is 0. The van der Waals surface area contributed by atoms with Crippen molar-refractivity contribution in [2.24, 2.45) is 5.92 Å². The Morgan fingerprint density at radius 2 is 1.96 bits per heavy atom. The van der Waals surface area contributed by atoms with Crippen LogP contribution in [0, 0.1) is 5.92 Å². The first kappa shape index (κ1) is 19.6. The van der Waals surface area contributed by atoms with E-state index in [0.717, 1.165) is 37.6 Å². The zero-order valence-corrected chi connectivity index (χ0v) is 17.6. The van der Waals surface area contributed by atoms with Crippen LogP contribution in [-0.2, 0) is 4.79 Å². The number of likely N-dealkylation sites (N-methyl/N-ethyl adjacent to an activating group) is 1. The Morgan fingerprint density at radius 1 is 1.18 bits per heavy atom. The van der Waals surface area contributed by atoms with E-state index in [1.165, 1.54) is 37.8 Å². The quantitative estimate of drug-likeness (QED) is 0.816. The van der Waals surface area contributed by atoms with Gasteiger partial charge in [0.2, 0.25) is 11.0 Å². The molecule has 1 aromatic heterocycles. The molecule has 7 heteroatoms. The Labute approximate surface area is 171 Å². The number of piperazine rings is 1. The highest BCUT2D eigenvalue weighted by molar-refractivity contribution is 7.15. The predicted molar refractivity (Wildman–Crippen MR) is 113 cm³/mol. The Hall–Kier alpha value is -1.73. The minimum absolute atomic E-state index is 0.0422. The summed E-state index contributed by atoms with van der Waals surface area (Å²) in [4.78, 5) is 17.4. The van der Waals surface area contributed by atoms with Crippen LogP contribution in [0.2, 0.25) is 0 Å². The van der Waals surface area contributed by atoms with Gasteiger partial charge in [0.15, 0.2) is 0 Å². The number of allylic oxidation sites excluding steroid dienone is 4.